The summed E-state index contributed by atoms with van der Waals surface area (Å²) in [6.45, 7) is 4.39. The van der Waals surface area contributed by atoms with Crippen molar-refractivity contribution in [2.45, 2.75) is 96.0 Å². The molecule has 5 aliphatic heterocycles. The number of carbonyl (C=O) groups is 4. The molecule has 0 saturated carbocycles. The van der Waals surface area contributed by atoms with Gasteiger partial charge in [0.1, 0.15) is 18.2 Å². The molecule has 0 spiro atoms. The van der Waals surface area contributed by atoms with E-state index >= 15 is 0 Å². The minimum Gasteiger partial charge on any atom is -0.503 e. The molecule has 1 N–H and O–H groups in total. The summed E-state index contributed by atoms with van der Waals surface area (Å²) in [4.78, 5) is 80.9. The maximum absolute atomic E-state index is 13.4. The van der Waals surface area contributed by atoms with E-state index in [1.54, 1.807) is 38.6 Å². The van der Waals surface area contributed by atoms with E-state index in [1.165, 1.54) is 54.1 Å². The SMILES string of the molecule is C1CCOC1.O=C(CCc1ccc(F)cc1)c1cn2c(c(O)c1=O)C(=O)N1CCC[C@@H]1C2.O=C(CCc1ccc(F)cc1)c1cn2c(c(OCc3ccccc3)c1=O)C(=O)N1CCC[C@@H]1C2.[CH3-].[CH3-].[HH].[Pd]. The Hall–Kier alpha value is -6.08. The van der Waals surface area contributed by atoms with Crippen LogP contribution in [0.5, 0.6) is 11.5 Å². The molecule has 5 aliphatic rings. The fourth-order valence-electron chi connectivity index (χ4n) is 9.19. The van der Waals surface area contributed by atoms with Gasteiger partial charge in [-0.05, 0) is 92.3 Å². The summed E-state index contributed by atoms with van der Waals surface area (Å²) >= 11 is 0. The topological polar surface area (TPSA) is 157 Å². The van der Waals surface area contributed by atoms with E-state index < -0.39 is 22.4 Å². The number of benzene rings is 3. The maximum Gasteiger partial charge on any atom is 0.274 e. The number of nitrogens with zero attached hydrogens (tertiary/aromatic N) is 4. The van der Waals surface area contributed by atoms with Gasteiger partial charge < -0.3 is 48.4 Å². The van der Waals surface area contributed by atoms with Gasteiger partial charge in [-0.3, -0.25) is 28.8 Å². The van der Waals surface area contributed by atoms with E-state index in [4.69, 9.17) is 9.47 Å². The van der Waals surface area contributed by atoms with Gasteiger partial charge in [-0.1, -0.05) is 54.6 Å². The molecule has 5 aromatic rings. The molecular weight excluding hydrogens is 981 g/mol. The Morgan fingerprint density at radius 2 is 1.10 bits per heavy atom. The van der Waals surface area contributed by atoms with Gasteiger partial charge in [0.05, 0.1) is 23.2 Å². The van der Waals surface area contributed by atoms with E-state index in [0.29, 0.717) is 39.0 Å². The van der Waals surface area contributed by atoms with Crippen molar-refractivity contribution < 1.29 is 64.4 Å². The number of aromatic nitrogens is 2. The molecule has 16 heteroatoms. The molecule has 3 fully saturated rings. The van der Waals surface area contributed by atoms with Crippen LogP contribution in [0.4, 0.5) is 8.78 Å². The molecule has 2 atom stereocenters. The first-order chi connectivity index (χ1) is 32.0. The molecule has 7 heterocycles. The van der Waals surface area contributed by atoms with Gasteiger partial charge in [-0.15, -0.1) is 0 Å². The molecule has 10 rings (SSSR count). The monoisotopic (exact) mass is 1040 g/mol. The summed E-state index contributed by atoms with van der Waals surface area (Å²) in [5.74, 6) is -2.72. The van der Waals surface area contributed by atoms with Crippen LogP contribution in [0.3, 0.4) is 0 Å². The predicted molar refractivity (Wildman–Crippen MR) is 255 cm³/mol. The summed E-state index contributed by atoms with van der Waals surface area (Å²) in [6, 6.07) is 21.3. The molecule has 2 amide bonds. The third kappa shape index (κ3) is 12.4. The van der Waals surface area contributed by atoms with Crippen molar-refractivity contribution in [2.75, 3.05) is 26.3 Å². The second-order valence-electron chi connectivity index (χ2n) is 17.2. The molecule has 13 nitrogen and oxygen atoms in total. The minimum atomic E-state index is -0.809. The molecule has 3 saturated heterocycles. The third-order valence-corrected chi connectivity index (χ3v) is 12.8. The average molecular weight is 1040 g/mol. The smallest absolute Gasteiger partial charge is 0.274 e. The van der Waals surface area contributed by atoms with Gasteiger partial charge in [0, 0.05) is 86.5 Å². The van der Waals surface area contributed by atoms with Crippen LogP contribution in [0.15, 0.2) is 101 Å². The van der Waals surface area contributed by atoms with E-state index in [9.17, 15) is 42.7 Å². The summed E-state index contributed by atoms with van der Waals surface area (Å²) in [5.41, 5.74) is 1.17. The zero-order chi connectivity index (χ0) is 46.3. The van der Waals surface area contributed by atoms with Crippen molar-refractivity contribution in [3.8, 4) is 11.5 Å². The number of carbonyl (C=O) groups excluding carboxylic acids is 4. The second-order valence-corrected chi connectivity index (χ2v) is 17.2. The number of ether oxygens (including phenoxy) is 2. The van der Waals surface area contributed by atoms with Crippen LogP contribution in [-0.2, 0) is 57.7 Å². The van der Waals surface area contributed by atoms with Crippen molar-refractivity contribution in [3.63, 3.8) is 0 Å². The largest absolute Gasteiger partial charge is 0.503 e. The number of rotatable bonds is 11. The summed E-state index contributed by atoms with van der Waals surface area (Å²) < 4.78 is 40.3. The summed E-state index contributed by atoms with van der Waals surface area (Å²) in [7, 11) is 0. The maximum atomic E-state index is 13.4. The summed E-state index contributed by atoms with van der Waals surface area (Å²) in [5, 5.41) is 10.3. The number of amides is 2. The standard InChI is InChI=1S/C27H25FN2O4.C20H19FN2O4.C4H8O.2CH3.Pd.H2/c28-20-11-8-18(9-12-20)10-13-23(31)22-16-29-15-21-7-4-14-30(21)27(33)24(29)26(25(22)32)34-17-19-5-2-1-3-6-19;21-13-6-3-12(4-7-13)5-8-16(24)15-11-22-10-14-2-1-9-23(14)20(27)17(22)19(26)18(15)25;1-2-4-5-3-1;;;;/h1-3,5-6,8-9,11-12,16,21H,4,7,10,13-15,17H2;3-4,6-7,11,14,26H,1-2,5,8-10H2;1-4H2;2*1H3;;1H/q;;;2*-1;;/t21-;14-;;;;;/m11...../s1. The Balaban J connectivity index is 0.000000267. The number of fused-ring (bicyclic) bond motifs is 4. The normalized spacial score (nSPS) is 17.2. The van der Waals surface area contributed by atoms with Crippen LogP contribution < -0.4 is 15.6 Å². The first-order valence-electron chi connectivity index (χ1n) is 22.6. The van der Waals surface area contributed by atoms with Gasteiger partial charge in [-0.2, -0.15) is 0 Å². The van der Waals surface area contributed by atoms with Gasteiger partial charge in [0.2, 0.25) is 10.9 Å². The van der Waals surface area contributed by atoms with E-state index in [-0.39, 0.29) is 126 Å². The Morgan fingerprint density at radius 1 is 0.638 bits per heavy atom. The fourth-order valence-corrected chi connectivity index (χ4v) is 9.19. The van der Waals surface area contributed by atoms with Crippen LogP contribution >= 0.6 is 0 Å². The number of pyridine rings is 2. The van der Waals surface area contributed by atoms with Crippen molar-refractivity contribution in [3.05, 3.63) is 177 Å². The molecule has 372 valence electrons. The van der Waals surface area contributed by atoms with Crippen LogP contribution in [0.2, 0.25) is 0 Å². The minimum absolute atomic E-state index is 0. The zero-order valence-electron chi connectivity index (χ0n) is 38.9. The number of aryl methyl sites for hydroxylation is 2. The van der Waals surface area contributed by atoms with Crippen molar-refractivity contribution in [1.29, 1.82) is 0 Å². The molecule has 69 heavy (non-hydrogen) atoms. The molecule has 0 aliphatic carbocycles. The predicted octanol–water partition coefficient (Wildman–Crippen LogP) is 8.07. The Bertz CT molecular complexity index is 2720. The van der Waals surface area contributed by atoms with E-state index in [2.05, 4.69) is 0 Å². The van der Waals surface area contributed by atoms with Crippen LogP contribution in [0.1, 0.15) is 111 Å². The molecule has 0 radical (unpaired) electrons. The molecule has 0 bridgehead atoms. The summed E-state index contributed by atoms with van der Waals surface area (Å²) in [6.07, 6.45) is 9.94. The number of hydrogen-bond acceptors (Lipinski definition) is 9. The number of hydrogen-bond donors (Lipinski definition) is 1. The second kappa shape index (κ2) is 24.5. The van der Waals surface area contributed by atoms with Gasteiger partial charge >= 0.3 is 0 Å². The van der Waals surface area contributed by atoms with E-state index in [1.807, 2.05) is 30.3 Å². The quantitative estimate of drug-likeness (QED) is 0.0785. The van der Waals surface area contributed by atoms with Crippen LogP contribution in [0, 0.1) is 26.5 Å². The number of aromatic hydroxyl groups is 1. The van der Waals surface area contributed by atoms with E-state index in [0.717, 1.165) is 55.6 Å². The molecule has 0 unspecified atom stereocenters. The fraction of sp³-hybridized carbons (Fsp3) is 0.358. The van der Waals surface area contributed by atoms with Gasteiger partial charge in [0.15, 0.2) is 34.5 Å². The molecule has 2 aromatic heterocycles. The molecule has 3 aromatic carbocycles. The first-order valence-corrected chi connectivity index (χ1v) is 22.6. The van der Waals surface area contributed by atoms with Crippen LogP contribution in [-0.4, -0.2) is 85.8 Å². The number of Topliss-reactive ketones (excluding diaryl/α,β-unsaturated/α-hetero) is 2. The van der Waals surface area contributed by atoms with Crippen LogP contribution in [0.25, 0.3) is 0 Å². The molecular formula is C53H60F2N4O9Pd-2. The average Bonchev–Trinajstić information content (AvgIpc) is 4.16. The van der Waals surface area contributed by atoms with Crippen molar-refractivity contribution in [2.24, 2.45) is 0 Å². The zero-order valence-corrected chi connectivity index (χ0v) is 40.5. The number of ketones is 2. The van der Waals surface area contributed by atoms with Crippen molar-refractivity contribution >= 4 is 23.4 Å². The first kappa shape index (κ1) is 53.9. The Morgan fingerprint density at radius 3 is 1.58 bits per heavy atom. The Kier molecular flexibility index (Phi) is 19.1. The Labute approximate surface area is 416 Å². The third-order valence-electron chi connectivity index (χ3n) is 12.8. The van der Waals surface area contributed by atoms with Gasteiger partial charge in [-0.25, -0.2) is 8.78 Å². The van der Waals surface area contributed by atoms with Crippen molar-refractivity contribution in [1.82, 2.24) is 18.9 Å². The van der Waals surface area contributed by atoms with Gasteiger partial charge in [0.25, 0.3) is 11.8 Å². The number of halogens is 2.